The first-order valence-corrected chi connectivity index (χ1v) is 7.08. The predicted octanol–water partition coefficient (Wildman–Crippen LogP) is 2.60. The number of aliphatic hydroxyl groups excluding tert-OH is 1. The maximum Gasteiger partial charge on any atom is 0.0817 e. The molecule has 0 aromatic carbocycles. The molecule has 0 bridgehead atoms. The van der Waals surface area contributed by atoms with E-state index in [0.29, 0.717) is 6.04 Å². The van der Waals surface area contributed by atoms with Gasteiger partial charge in [0.15, 0.2) is 0 Å². The largest absolute Gasteiger partial charge is 0.388 e. The highest BCUT2D eigenvalue weighted by Crippen LogP contribution is 2.45. The lowest BCUT2D eigenvalue weighted by molar-refractivity contribution is -0.141. The van der Waals surface area contributed by atoms with Crippen LogP contribution in [0.4, 0.5) is 0 Å². The summed E-state index contributed by atoms with van der Waals surface area (Å²) in [5, 5.41) is 14.3. The Kier molecular flexibility index (Phi) is 3.16. The molecule has 4 nitrogen and oxygen atoms in total. The summed E-state index contributed by atoms with van der Waals surface area (Å²) in [6.45, 7) is 2.83. The molecular formula is C14H22N2O2. The summed E-state index contributed by atoms with van der Waals surface area (Å²) in [5.41, 5.74) is 1.09. The zero-order valence-electron chi connectivity index (χ0n) is 11.0. The number of aliphatic hydroxyl groups is 1. The van der Waals surface area contributed by atoms with Crippen molar-refractivity contribution in [2.75, 3.05) is 6.61 Å². The Bertz CT molecular complexity index is 412. The second-order valence-corrected chi connectivity index (χ2v) is 5.71. The molecule has 0 radical (unpaired) electrons. The molecule has 18 heavy (non-hydrogen) atoms. The van der Waals surface area contributed by atoms with Crippen LogP contribution in [0.5, 0.6) is 0 Å². The summed E-state index contributed by atoms with van der Waals surface area (Å²) in [7, 11) is 0. The molecule has 2 heterocycles. The van der Waals surface area contributed by atoms with Gasteiger partial charge in [-0.1, -0.05) is 6.92 Å². The van der Waals surface area contributed by atoms with Crippen LogP contribution in [-0.2, 0) is 4.74 Å². The second kappa shape index (κ2) is 4.67. The number of aromatic nitrogens is 2. The Morgan fingerprint density at radius 1 is 1.61 bits per heavy atom. The van der Waals surface area contributed by atoms with Gasteiger partial charge in [-0.25, -0.2) is 0 Å². The van der Waals surface area contributed by atoms with Crippen molar-refractivity contribution >= 4 is 0 Å². The van der Waals surface area contributed by atoms with Crippen molar-refractivity contribution in [3.8, 4) is 0 Å². The molecular weight excluding hydrogens is 228 g/mol. The van der Waals surface area contributed by atoms with E-state index in [9.17, 15) is 5.11 Å². The first-order valence-electron chi connectivity index (χ1n) is 7.08. The minimum Gasteiger partial charge on any atom is -0.388 e. The van der Waals surface area contributed by atoms with E-state index in [4.69, 9.17) is 4.74 Å². The van der Waals surface area contributed by atoms with E-state index in [1.807, 2.05) is 17.8 Å². The lowest BCUT2D eigenvalue weighted by Gasteiger charge is -2.47. The zero-order chi connectivity index (χ0) is 12.6. The van der Waals surface area contributed by atoms with E-state index in [0.717, 1.165) is 31.4 Å². The quantitative estimate of drug-likeness (QED) is 0.897. The van der Waals surface area contributed by atoms with Crippen molar-refractivity contribution in [2.24, 2.45) is 0 Å². The average Bonchev–Trinajstić information content (AvgIpc) is 2.86. The fourth-order valence-corrected chi connectivity index (χ4v) is 3.11. The number of nitrogens with zero attached hydrogens (tertiary/aromatic N) is 2. The standard InChI is InChI=1S/C14H22N2O2/c1-2-13(17)11-9-15-16(10-11)12-4-7-18-14(8-12)5-3-6-14/h9-10,12-13,17H,2-8H2,1H3. The first-order chi connectivity index (χ1) is 8.72. The smallest absolute Gasteiger partial charge is 0.0817 e. The van der Waals surface area contributed by atoms with Gasteiger partial charge in [-0.15, -0.1) is 0 Å². The van der Waals surface area contributed by atoms with Crippen molar-refractivity contribution in [2.45, 2.75) is 63.2 Å². The number of hydrogen-bond donors (Lipinski definition) is 1. The van der Waals surface area contributed by atoms with E-state index in [1.165, 1.54) is 19.3 Å². The van der Waals surface area contributed by atoms with Gasteiger partial charge in [0.2, 0.25) is 0 Å². The van der Waals surface area contributed by atoms with Crippen molar-refractivity contribution in [3.63, 3.8) is 0 Å². The highest BCUT2D eigenvalue weighted by Gasteiger charge is 2.43. The molecule has 3 rings (SSSR count). The summed E-state index contributed by atoms with van der Waals surface area (Å²) < 4.78 is 7.98. The van der Waals surface area contributed by atoms with Crippen molar-refractivity contribution in [1.82, 2.24) is 9.78 Å². The van der Waals surface area contributed by atoms with E-state index < -0.39 is 0 Å². The molecule has 100 valence electrons. The molecule has 4 heteroatoms. The summed E-state index contributed by atoms with van der Waals surface area (Å²) in [5.74, 6) is 0. The van der Waals surface area contributed by atoms with Crippen LogP contribution < -0.4 is 0 Å². The summed E-state index contributed by atoms with van der Waals surface area (Å²) in [6.07, 6.45) is 9.99. The van der Waals surface area contributed by atoms with Crippen LogP contribution in [0.25, 0.3) is 0 Å². The van der Waals surface area contributed by atoms with Crippen LogP contribution in [-0.4, -0.2) is 27.1 Å². The monoisotopic (exact) mass is 250 g/mol. The van der Waals surface area contributed by atoms with Crippen LogP contribution in [0.2, 0.25) is 0 Å². The molecule has 1 saturated carbocycles. The Hall–Kier alpha value is -0.870. The van der Waals surface area contributed by atoms with Gasteiger partial charge in [-0.05, 0) is 38.5 Å². The van der Waals surface area contributed by atoms with E-state index >= 15 is 0 Å². The normalized spacial score (nSPS) is 28.0. The summed E-state index contributed by atoms with van der Waals surface area (Å²) in [4.78, 5) is 0. The van der Waals surface area contributed by atoms with Gasteiger partial charge in [0, 0.05) is 18.4 Å². The maximum absolute atomic E-state index is 9.82. The van der Waals surface area contributed by atoms with Gasteiger partial charge < -0.3 is 9.84 Å². The third kappa shape index (κ3) is 2.08. The van der Waals surface area contributed by atoms with Crippen LogP contribution in [0, 0.1) is 0 Å². The van der Waals surface area contributed by atoms with Gasteiger partial charge in [0.1, 0.15) is 0 Å². The third-order valence-corrected chi connectivity index (χ3v) is 4.50. The van der Waals surface area contributed by atoms with Crippen LogP contribution in [0.15, 0.2) is 12.4 Å². The molecule has 2 unspecified atom stereocenters. The molecule has 1 aromatic rings. The van der Waals surface area contributed by atoms with Crippen molar-refractivity contribution in [3.05, 3.63) is 18.0 Å². The average molecular weight is 250 g/mol. The highest BCUT2D eigenvalue weighted by atomic mass is 16.5. The van der Waals surface area contributed by atoms with Crippen LogP contribution >= 0.6 is 0 Å². The molecule has 0 amide bonds. The molecule has 1 N–H and O–H groups in total. The minimum atomic E-state index is -0.378. The minimum absolute atomic E-state index is 0.151. The Balaban J connectivity index is 1.72. The Morgan fingerprint density at radius 2 is 2.44 bits per heavy atom. The first kappa shape index (κ1) is 12.2. The number of ether oxygens (including phenoxy) is 1. The molecule has 2 atom stereocenters. The van der Waals surface area contributed by atoms with Gasteiger partial charge in [-0.3, -0.25) is 4.68 Å². The number of hydrogen-bond acceptors (Lipinski definition) is 3. The number of rotatable bonds is 3. The highest BCUT2D eigenvalue weighted by molar-refractivity contribution is 5.09. The Labute approximate surface area is 108 Å². The van der Waals surface area contributed by atoms with Crippen molar-refractivity contribution in [1.29, 1.82) is 0 Å². The maximum atomic E-state index is 9.82. The SMILES string of the molecule is CCC(O)c1cnn(C2CCOC3(CCC3)C2)c1. The lowest BCUT2D eigenvalue weighted by Crippen LogP contribution is -2.46. The van der Waals surface area contributed by atoms with E-state index in [2.05, 4.69) is 5.10 Å². The molecule has 2 fully saturated rings. The molecule has 1 aliphatic heterocycles. The van der Waals surface area contributed by atoms with E-state index in [-0.39, 0.29) is 11.7 Å². The van der Waals surface area contributed by atoms with E-state index in [1.54, 1.807) is 6.20 Å². The Morgan fingerprint density at radius 3 is 3.11 bits per heavy atom. The molecule has 1 aliphatic carbocycles. The lowest BCUT2D eigenvalue weighted by atomic mass is 9.74. The second-order valence-electron chi connectivity index (χ2n) is 5.71. The fraction of sp³-hybridized carbons (Fsp3) is 0.786. The zero-order valence-corrected chi connectivity index (χ0v) is 11.0. The summed E-state index contributed by atoms with van der Waals surface area (Å²) in [6, 6.07) is 0.442. The topological polar surface area (TPSA) is 47.3 Å². The van der Waals surface area contributed by atoms with Crippen LogP contribution in [0.3, 0.4) is 0 Å². The molecule has 1 saturated heterocycles. The molecule has 2 aliphatic rings. The van der Waals surface area contributed by atoms with Gasteiger partial charge in [0.05, 0.1) is 23.9 Å². The van der Waals surface area contributed by atoms with Crippen LogP contribution in [0.1, 0.15) is 63.2 Å². The van der Waals surface area contributed by atoms with Crippen molar-refractivity contribution < 1.29 is 9.84 Å². The predicted molar refractivity (Wildman–Crippen MR) is 68.3 cm³/mol. The van der Waals surface area contributed by atoms with Gasteiger partial charge in [0.25, 0.3) is 0 Å². The van der Waals surface area contributed by atoms with Gasteiger partial charge >= 0.3 is 0 Å². The molecule has 1 spiro atoms. The summed E-state index contributed by atoms with van der Waals surface area (Å²) >= 11 is 0. The molecule has 1 aromatic heterocycles. The third-order valence-electron chi connectivity index (χ3n) is 4.50. The van der Waals surface area contributed by atoms with Gasteiger partial charge in [-0.2, -0.15) is 5.10 Å². The fourth-order valence-electron chi connectivity index (χ4n) is 3.11.